The molecule has 11 heteroatoms. The molecule has 2 aromatic heterocycles. The summed E-state index contributed by atoms with van der Waals surface area (Å²) in [6, 6.07) is 15.7. The fraction of sp³-hybridized carbons (Fsp3) is 0.241. The number of hydrogen-bond acceptors (Lipinski definition) is 5. The molecule has 5 aromatic rings. The summed E-state index contributed by atoms with van der Waals surface area (Å²) in [6.45, 7) is 5.27. The van der Waals surface area contributed by atoms with Gasteiger partial charge in [0.15, 0.2) is 5.54 Å². The van der Waals surface area contributed by atoms with Crippen molar-refractivity contribution in [1.82, 2.24) is 19.3 Å². The Bertz CT molecular complexity index is 1920. The third-order valence-electron chi connectivity index (χ3n) is 7.31. The van der Waals surface area contributed by atoms with E-state index in [0.717, 1.165) is 9.54 Å². The van der Waals surface area contributed by atoms with Crippen LogP contribution in [0, 0.1) is 25.2 Å². The average molecular weight is 566 g/mol. The van der Waals surface area contributed by atoms with Crippen LogP contribution in [0.2, 0.25) is 0 Å². The highest BCUT2D eigenvalue weighted by Gasteiger charge is 2.60. The van der Waals surface area contributed by atoms with Crippen LogP contribution in [0.3, 0.4) is 0 Å². The van der Waals surface area contributed by atoms with Crippen molar-refractivity contribution in [2.24, 2.45) is 0 Å². The first kappa shape index (κ1) is 27.4. The van der Waals surface area contributed by atoms with Gasteiger partial charge >= 0.3 is 6.18 Å². The summed E-state index contributed by atoms with van der Waals surface area (Å²) < 4.78 is 74.6. The van der Waals surface area contributed by atoms with Gasteiger partial charge in [-0.3, -0.25) is 5.32 Å². The third kappa shape index (κ3) is 3.98. The third-order valence-corrected chi connectivity index (χ3v) is 9.00. The quantitative estimate of drug-likeness (QED) is 0.270. The number of H-pyrrole nitrogens is 1. The molecular weight excluding hydrogens is 539 g/mol. The van der Waals surface area contributed by atoms with Gasteiger partial charge in [-0.2, -0.15) is 18.4 Å². The van der Waals surface area contributed by atoms with Gasteiger partial charge in [-0.1, -0.05) is 30.7 Å². The lowest BCUT2D eigenvalue weighted by atomic mass is 9.81. The van der Waals surface area contributed by atoms with Crippen molar-refractivity contribution in [2.75, 3.05) is 7.05 Å². The molecule has 5 rings (SSSR count). The molecule has 0 aliphatic heterocycles. The van der Waals surface area contributed by atoms with Crippen molar-refractivity contribution < 1.29 is 21.6 Å². The number of nitriles is 1. The highest BCUT2D eigenvalue weighted by atomic mass is 32.2. The van der Waals surface area contributed by atoms with Crippen LogP contribution in [0.1, 0.15) is 40.6 Å². The zero-order valence-electron chi connectivity index (χ0n) is 22.2. The number of nitrogens with one attached hydrogen (secondary N) is 2. The minimum atomic E-state index is -4.91. The molecule has 206 valence electrons. The van der Waals surface area contributed by atoms with Gasteiger partial charge in [0.1, 0.15) is 5.82 Å². The molecule has 0 aliphatic carbocycles. The molecule has 40 heavy (non-hydrogen) atoms. The molecule has 0 fully saturated rings. The van der Waals surface area contributed by atoms with Crippen LogP contribution in [-0.4, -0.2) is 35.6 Å². The maximum atomic E-state index is 15.4. The zero-order chi connectivity index (χ0) is 29.0. The molecule has 0 bridgehead atoms. The fourth-order valence-corrected chi connectivity index (χ4v) is 6.77. The van der Waals surface area contributed by atoms with Gasteiger partial charge in [-0.05, 0) is 74.8 Å². The molecule has 0 amide bonds. The molecule has 0 spiro atoms. The van der Waals surface area contributed by atoms with E-state index in [1.54, 1.807) is 32.0 Å². The Labute approximate surface area is 229 Å². The molecule has 7 nitrogen and oxygen atoms in total. The Morgan fingerprint density at radius 2 is 1.77 bits per heavy atom. The molecule has 0 saturated carbocycles. The number of rotatable bonds is 6. The van der Waals surface area contributed by atoms with E-state index in [4.69, 9.17) is 0 Å². The Balaban J connectivity index is 1.87. The molecule has 1 atom stereocenters. The Kier molecular flexibility index (Phi) is 6.51. The van der Waals surface area contributed by atoms with Crippen molar-refractivity contribution in [1.29, 1.82) is 5.26 Å². The maximum absolute atomic E-state index is 15.4. The monoisotopic (exact) mass is 565 g/mol. The van der Waals surface area contributed by atoms with Gasteiger partial charge in [0.05, 0.1) is 33.1 Å². The number of halogens is 3. The van der Waals surface area contributed by atoms with Crippen molar-refractivity contribution in [2.45, 2.75) is 43.8 Å². The first-order chi connectivity index (χ1) is 18.9. The number of aromatic amines is 1. The van der Waals surface area contributed by atoms with Gasteiger partial charge in [-0.15, -0.1) is 0 Å². The van der Waals surface area contributed by atoms with Gasteiger partial charge in [0.25, 0.3) is 10.0 Å². The zero-order valence-corrected chi connectivity index (χ0v) is 23.0. The fourth-order valence-electron chi connectivity index (χ4n) is 5.36. The Morgan fingerprint density at radius 3 is 2.38 bits per heavy atom. The van der Waals surface area contributed by atoms with Crippen molar-refractivity contribution in [3.8, 4) is 6.07 Å². The van der Waals surface area contributed by atoms with Gasteiger partial charge in [0, 0.05) is 17.1 Å². The topological polar surface area (TPSA) is 104 Å². The van der Waals surface area contributed by atoms with Gasteiger partial charge < -0.3 is 4.98 Å². The minimum Gasteiger partial charge on any atom is -0.340 e. The largest absolute Gasteiger partial charge is 0.418 e. The first-order valence-electron chi connectivity index (χ1n) is 12.5. The smallest absolute Gasteiger partial charge is 0.340 e. The van der Waals surface area contributed by atoms with Crippen LogP contribution in [0.25, 0.3) is 21.9 Å². The predicted octanol–water partition coefficient (Wildman–Crippen LogP) is 5.83. The van der Waals surface area contributed by atoms with Crippen LogP contribution in [-0.2, 0) is 22.0 Å². The summed E-state index contributed by atoms with van der Waals surface area (Å²) in [7, 11) is -2.92. The number of hydrogen-bond donors (Lipinski definition) is 2. The van der Waals surface area contributed by atoms with E-state index in [2.05, 4.69) is 15.3 Å². The normalized spacial score (nSPS) is 13.9. The van der Waals surface area contributed by atoms with Crippen LogP contribution < -0.4 is 5.32 Å². The summed E-state index contributed by atoms with van der Waals surface area (Å²) >= 11 is 0. The molecular formula is C29H26F3N5O2S. The number of aryl methyl sites for hydroxylation is 3. The summed E-state index contributed by atoms with van der Waals surface area (Å²) in [6.07, 6.45) is -3.36. The van der Waals surface area contributed by atoms with E-state index in [1.807, 2.05) is 13.0 Å². The van der Waals surface area contributed by atoms with Crippen molar-refractivity contribution in [3.63, 3.8) is 0 Å². The second-order valence-corrected chi connectivity index (χ2v) is 11.5. The first-order valence-corrected chi connectivity index (χ1v) is 13.9. The number of fused-ring (bicyclic) bond motifs is 2. The Morgan fingerprint density at radius 1 is 1.07 bits per heavy atom. The molecule has 0 radical (unpaired) electrons. The SMILES string of the molecule is CCc1cc(C)c2c(ccn2S(=O)(=O)c2ccc(C)cc2)c1C(NC)(c1nc2ccc(C#N)cc2[nH]1)C(F)(F)F. The second-order valence-electron chi connectivity index (χ2n) is 9.70. The van der Waals surface area contributed by atoms with Crippen LogP contribution in [0.15, 0.2) is 65.7 Å². The van der Waals surface area contributed by atoms with Crippen LogP contribution in [0.5, 0.6) is 0 Å². The number of aromatic nitrogens is 3. The van der Waals surface area contributed by atoms with E-state index in [-0.39, 0.29) is 44.4 Å². The molecule has 0 aliphatic rings. The standard InChI is InChI=1S/C29H26F3N5O2S/c1-5-20-14-18(3)26-22(12-13-37(26)40(38,39)21-9-6-17(2)7-10-21)25(20)28(34-4,29(30,31)32)27-35-23-11-8-19(16-33)15-24(23)36-27/h6-15,34H,5H2,1-4H3,(H,35,36). The van der Waals surface area contributed by atoms with E-state index in [9.17, 15) is 13.7 Å². The van der Waals surface area contributed by atoms with E-state index in [1.165, 1.54) is 49.6 Å². The lowest BCUT2D eigenvalue weighted by Crippen LogP contribution is -2.54. The summed E-state index contributed by atoms with van der Waals surface area (Å²) in [5, 5.41) is 11.9. The lowest BCUT2D eigenvalue weighted by Gasteiger charge is -2.36. The molecule has 3 aromatic carbocycles. The van der Waals surface area contributed by atoms with E-state index >= 15 is 13.2 Å². The molecule has 2 N–H and O–H groups in total. The van der Waals surface area contributed by atoms with Crippen molar-refractivity contribution >= 4 is 32.0 Å². The highest BCUT2D eigenvalue weighted by Crippen LogP contribution is 2.48. The predicted molar refractivity (Wildman–Crippen MR) is 147 cm³/mol. The van der Waals surface area contributed by atoms with Crippen LogP contribution in [0.4, 0.5) is 13.2 Å². The second kappa shape index (κ2) is 9.50. The van der Waals surface area contributed by atoms with Crippen molar-refractivity contribution in [3.05, 3.63) is 94.4 Å². The van der Waals surface area contributed by atoms with Gasteiger partial charge in [-0.25, -0.2) is 17.4 Å². The molecule has 2 heterocycles. The average Bonchev–Trinajstić information content (AvgIpc) is 3.55. The number of alkyl halides is 3. The minimum absolute atomic E-state index is 0.0254. The number of imidazole rings is 1. The Hall–Kier alpha value is -4.14. The molecule has 1 unspecified atom stereocenters. The van der Waals surface area contributed by atoms with Crippen LogP contribution >= 0.6 is 0 Å². The highest BCUT2D eigenvalue weighted by molar-refractivity contribution is 7.90. The number of nitrogens with zero attached hydrogens (tertiary/aromatic N) is 3. The lowest BCUT2D eigenvalue weighted by molar-refractivity contribution is -0.187. The maximum Gasteiger partial charge on any atom is 0.418 e. The molecule has 0 saturated heterocycles. The summed E-state index contributed by atoms with van der Waals surface area (Å²) in [4.78, 5) is 7.14. The van der Waals surface area contributed by atoms with E-state index in [0.29, 0.717) is 11.1 Å². The van der Waals surface area contributed by atoms with Gasteiger partial charge in [0.2, 0.25) is 0 Å². The number of benzene rings is 3. The summed E-state index contributed by atoms with van der Waals surface area (Å²) in [5.41, 5.74) is -0.211. The summed E-state index contributed by atoms with van der Waals surface area (Å²) in [5.74, 6) is -0.415. The van der Waals surface area contributed by atoms with E-state index < -0.39 is 27.6 Å².